The number of esters is 1. The third-order valence-corrected chi connectivity index (χ3v) is 2.61. The van der Waals surface area contributed by atoms with E-state index in [-0.39, 0.29) is 11.5 Å². The van der Waals surface area contributed by atoms with Crippen molar-refractivity contribution < 1.29 is 9.53 Å². The smallest absolute Gasteiger partial charge is 0.337 e. The molecule has 0 heterocycles. The van der Waals surface area contributed by atoms with Gasteiger partial charge in [-0.25, -0.2) is 4.79 Å². The molecular formula is C14H22N2O2. The summed E-state index contributed by atoms with van der Waals surface area (Å²) in [7, 11) is 1.38. The summed E-state index contributed by atoms with van der Waals surface area (Å²) in [4.78, 5) is 11.4. The number of benzene rings is 1. The quantitative estimate of drug-likeness (QED) is 0.601. The monoisotopic (exact) mass is 250 g/mol. The van der Waals surface area contributed by atoms with Crippen molar-refractivity contribution in [2.45, 2.75) is 32.2 Å². The van der Waals surface area contributed by atoms with Gasteiger partial charge in [-0.3, -0.25) is 0 Å². The number of nitrogens with two attached hydrogens (primary N) is 1. The van der Waals surface area contributed by atoms with Crippen molar-refractivity contribution in [1.29, 1.82) is 0 Å². The van der Waals surface area contributed by atoms with Gasteiger partial charge in [-0.05, 0) is 44.9 Å². The summed E-state index contributed by atoms with van der Waals surface area (Å²) in [5.74, 6) is -0.318. The molecule has 0 spiro atoms. The van der Waals surface area contributed by atoms with E-state index in [9.17, 15) is 4.79 Å². The second kappa shape index (κ2) is 6.40. The van der Waals surface area contributed by atoms with Gasteiger partial charge >= 0.3 is 5.97 Å². The summed E-state index contributed by atoms with van der Waals surface area (Å²) in [6.45, 7) is 4.88. The maximum atomic E-state index is 11.4. The van der Waals surface area contributed by atoms with Gasteiger partial charge in [0.2, 0.25) is 0 Å². The van der Waals surface area contributed by atoms with Crippen LogP contribution in [-0.4, -0.2) is 25.2 Å². The SMILES string of the molecule is COC(=O)c1cccc(NCCCC(C)(C)N)c1. The predicted octanol–water partition coefficient (Wildman–Crippen LogP) is 2.40. The van der Waals surface area contributed by atoms with Gasteiger partial charge in [0.15, 0.2) is 0 Å². The van der Waals surface area contributed by atoms with Crippen LogP contribution < -0.4 is 11.1 Å². The van der Waals surface area contributed by atoms with Crippen molar-refractivity contribution in [2.75, 3.05) is 19.0 Å². The van der Waals surface area contributed by atoms with Crippen LogP contribution in [0.25, 0.3) is 0 Å². The highest BCUT2D eigenvalue weighted by atomic mass is 16.5. The van der Waals surface area contributed by atoms with Gasteiger partial charge in [0.25, 0.3) is 0 Å². The van der Waals surface area contributed by atoms with Gasteiger partial charge in [0, 0.05) is 17.8 Å². The van der Waals surface area contributed by atoms with Gasteiger partial charge in [0.1, 0.15) is 0 Å². The molecule has 0 unspecified atom stereocenters. The van der Waals surface area contributed by atoms with E-state index in [1.165, 1.54) is 7.11 Å². The number of methoxy groups -OCH3 is 1. The molecule has 0 atom stereocenters. The maximum absolute atomic E-state index is 11.4. The number of nitrogens with one attached hydrogen (secondary N) is 1. The lowest BCUT2D eigenvalue weighted by Crippen LogP contribution is -2.32. The van der Waals surface area contributed by atoms with Crippen molar-refractivity contribution in [3.05, 3.63) is 29.8 Å². The number of anilines is 1. The molecule has 0 aromatic heterocycles. The van der Waals surface area contributed by atoms with Crippen LogP contribution >= 0.6 is 0 Å². The Morgan fingerprint density at radius 1 is 1.44 bits per heavy atom. The second-order valence-corrected chi connectivity index (χ2v) is 5.09. The molecule has 18 heavy (non-hydrogen) atoms. The van der Waals surface area contributed by atoms with Crippen molar-refractivity contribution in [3.8, 4) is 0 Å². The molecule has 0 aliphatic carbocycles. The first-order valence-corrected chi connectivity index (χ1v) is 6.13. The highest BCUT2D eigenvalue weighted by Gasteiger charge is 2.09. The fourth-order valence-corrected chi connectivity index (χ4v) is 1.65. The molecule has 0 radical (unpaired) electrons. The van der Waals surface area contributed by atoms with E-state index >= 15 is 0 Å². The molecule has 1 aromatic carbocycles. The number of hydrogen-bond acceptors (Lipinski definition) is 4. The lowest BCUT2D eigenvalue weighted by atomic mass is 10.0. The minimum Gasteiger partial charge on any atom is -0.465 e. The van der Waals surface area contributed by atoms with Crippen molar-refractivity contribution in [2.24, 2.45) is 5.73 Å². The van der Waals surface area contributed by atoms with Crippen LogP contribution in [0.2, 0.25) is 0 Å². The summed E-state index contributed by atoms with van der Waals surface area (Å²) in [5, 5.41) is 3.27. The Morgan fingerprint density at radius 2 is 2.17 bits per heavy atom. The van der Waals surface area contributed by atoms with Crippen molar-refractivity contribution >= 4 is 11.7 Å². The normalized spacial score (nSPS) is 11.1. The van der Waals surface area contributed by atoms with Crippen LogP contribution in [-0.2, 0) is 4.74 Å². The van der Waals surface area contributed by atoms with Gasteiger partial charge in [0.05, 0.1) is 12.7 Å². The van der Waals surface area contributed by atoms with Gasteiger partial charge in [-0.15, -0.1) is 0 Å². The van der Waals surface area contributed by atoms with Crippen LogP contribution in [0.4, 0.5) is 5.69 Å². The second-order valence-electron chi connectivity index (χ2n) is 5.09. The predicted molar refractivity (Wildman–Crippen MR) is 73.8 cm³/mol. The first-order valence-electron chi connectivity index (χ1n) is 6.13. The largest absolute Gasteiger partial charge is 0.465 e. The summed E-state index contributed by atoms with van der Waals surface area (Å²) >= 11 is 0. The topological polar surface area (TPSA) is 64.3 Å². The number of carbonyl (C=O) groups is 1. The first kappa shape index (κ1) is 14.5. The molecule has 0 fully saturated rings. The number of carbonyl (C=O) groups excluding carboxylic acids is 1. The number of rotatable bonds is 6. The van der Waals surface area contributed by atoms with E-state index in [1.54, 1.807) is 12.1 Å². The lowest BCUT2D eigenvalue weighted by molar-refractivity contribution is 0.0601. The molecular weight excluding hydrogens is 228 g/mol. The summed E-state index contributed by atoms with van der Waals surface area (Å²) < 4.78 is 4.68. The zero-order chi connectivity index (χ0) is 13.6. The third kappa shape index (κ3) is 5.19. The Balaban J connectivity index is 2.45. The highest BCUT2D eigenvalue weighted by molar-refractivity contribution is 5.90. The fraction of sp³-hybridized carbons (Fsp3) is 0.500. The summed E-state index contributed by atoms with van der Waals surface area (Å²) in [5.41, 5.74) is 7.26. The molecule has 4 heteroatoms. The van der Waals surface area contributed by atoms with Crippen molar-refractivity contribution in [3.63, 3.8) is 0 Å². The molecule has 1 aromatic rings. The Bertz CT molecular complexity index is 397. The number of hydrogen-bond donors (Lipinski definition) is 2. The van der Waals surface area contributed by atoms with E-state index in [1.807, 2.05) is 26.0 Å². The average molecular weight is 250 g/mol. The fourth-order valence-electron chi connectivity index (χ4n) is 1.65. The minimum absolute atomic E-state index is 0.129. The van der Waals surface area contributed by atoms with Gasteiger partial charge in [-0.2, -0.15) is 0 Å². The molecule has 0 amide bonds. The molecule has 0 saturated carbocycles. The number of ether oxygens (including phenoxy) is 1. The van der Waals surface area contributed by atoms with Crippen LogP contribution in [0.5, 0.6) is 0 Å². The maximum Gasteiger partial charge on any atom is 0.337 e. The van der Waals surface area contributed by atoms with E-state index in [0.717, 1.165) is 25.1 Å². The molecule has 100 valence electrons. The van der Waals surface area contributed by atoms with E-state index in [2.05, 4.69) is 10.1 Å². The van der Waals surface area contributed by atoms with Crippen molar-refractivity contribution in [1.82, 2.24) is 0 Å². The molecule has 1 rings (SSSR count). The van der Waals surface area contributed by atoms with Crippen LogP contribution in [0.1, 0.15) is 37.0 Å². The third-order valence-electron chi connectivity index (χ3n) is 2.61. The standard InChI is InChI=1S/C14H22N2O2/c1-14(2,15)8-5-9-16-12-7-4-6-11(10-12)13(17)18-3/h4,6-7,10,16H,5,8-9,15H2,1-3H3. The minimum atomic E-state index is -0.318. The molecule has 4 nitrogen and oxygen atoms in total. The van der Waals surface area contributed by atoms with Crippen LogP contribution in [0.3, 0.4) is 0 Å². The van der Waals surface area contributed by atoms with Gasteiger partial charge in [-0.1, -0.05) is 6.07 Å². The average Bonchev–Trinajstić information content (AvgIpc) is 2.33. The zero-order valence-electron chi connectivity index (χ0n) is 11.3. The molecule has 0 aliphatic heterocycles. The first-order chi connectivity index (χ1) is 8.42. The molecule has 0 bridgehead atoms. The molecule has 0 aliphatic rings. The van der Waals surface area contributed by atoms with Gasteiger partial charge < -0.3 is 15.8 Å². The summed E-state index contributed by atoms with van der Waals surface area (Å²) in [6.07, 6.45) is 1.95. The highest BCUT2D eigenvalue weighted by Crippen LogP contribution is 2.13. The Kier molecular flexibility index (Phi) is 5.16. The Hall–Kier alpha value is -1.55. The van der Waals surface area contributed by atoms with E-state index in [0.29, 0.717) is 5.56 Å². The zero-order valence-corrected chi connectivity index (χ0v) is 11.3. The van der Waals surface area contributed by atoms with E-state index < -0.39 is 0 Å². The van der Waals surface area contributed by atoms with Crippen LogP contribution in [0, 0.1) is 0 Å². The molecule has 0 saturated heterocycles. The van der Waals surface area contributed by atoms with Crippen LogP contribution in [0.15, 0.2) is 24.3 Å². The Labute approximate surface area is 109 Å². The Morgan fingerprint density at radius 3 is 2.78 bits per heavy atom. The molecule has 3 N–H and O–H groups in total. The van der Waals surface area contributed by atoms with E-state index in [4.69, 9.17) is 5.73 Å². The lowest BCUT2D eigenvalue weighted by Gasteiger charge is -2.18. The summed E-state index contributed by atoms with van der Waals surface area (Å²) in [6, 6.07) is 7.29.